The predicted molar refractivity (Wildman–Crippen MR) is 60.7 cm³/mol. The zero-order valence-corrected chi connectivity index (χ0v) is 9.38. The van der Waals surface area contributed by atoms with Gasteiger partial charge in [0.05, 0.1) is 5.02 Å². The summed E-state index contributed by atoms with van der Waals surface area (Å²) in [6, 6.07) is 1.95. The van der Waals surface area contributed by atoms with Gasteiger partial charge in [0.25, 0.3) is 0 Å². The van der Waals surface area contributed by atoms with Crippen LogP contribution in [-0.4, -0.2) is 18.1 Å². The van der Waals surface area contributed by atoms with Crippen LogP contribution in [0.4, 0.5) is 5.82 Å². The lowest BCUT2D eigenvalue weighted by atomic mass is 10.2. The summed E-state index contributed by atoms with van der Waals surface area (Å²) in [4.78, 5) is 6.43. The van der Waals surface area contributed by atoms with Crippen molar-refractivity contribution in [1.29, 1.82) is 0 Å². The van der Waals surface area contributed by atoms with Gasteiger partial charge >= 0.3 is 0 Å². The van der Waals surface area contributed by atoms with E-state index >= 15 is 0 Å². The number of halogens is 1. The first-order valence-corrected chi connectivity index (χ1v) is 5.20. The van der Waals surface area contributed by atoms with E-state index in [9.17, 15) is 0 Å². The quantitative estimate of drug-likeness (QED) is 0.833. The van der Waals surface area contributed by atoms with Gasteiger partial charge in [0, 0.05) is 25.8 Å². The van der Waals surface area contributed by atoms with Crippen molar-refractivity contribution < 1.29 is 0 Å². The molecule has 1 aromatic heterocycles. The summed E-state index contributed by atoms with van der Waals surface area (Å²) in [5.74, 6) is 0.944. The van der Waals surface area contributed by atoms with Gasteiger partial charge < -0.3 is 10.6 Å². The highest BCUT2D eigenvalue weighted by Crippen LogP contribution is 2.19. The molecule has 0 aliphatic heterocycles. The molecule has 0 radical (unpaired) electrons. The minimum atomic E-state index is 0.454. The van der Waals surface area contributed by atoms with Crippen LogP contribution in [0.2, 0.25) is 5.02 Å². The molecule has 0 bridgehead atoms. The van der Waals surface area contributed by atoms with Gasteiger partial charge in [0.15, 0.2) is 0 Å². The van der Waals surface area contributed by atoms with Crippen molar-refractivity contribution in [3.05, 3.63) is 22.8 Å². The Morgan fingerprint density at radius 2 is 2.07 bits per heavy atom. The molecule has 0 saturated carbocycles. The molecule has 0 unspecified atom stereocenters. The maximum atomic E-state index is 5.93. The number of anilines is 1. The van der Waals surface area contributed by atoms with Crippen LogP contribution >= 0.6 is 11.6 Å². The van der Waals surface area contributed by atoms with Crippen LogP contribution in [0.3, 0.4) is 0 Å². The molecule has 1 aromatic rings. The Hall–Kier alpha value is -0.800. The summed E-state index contributed by atoms with van der Waals surface area (Å²) in [5, 5.41) is 0.642. The number of aromatic nitrogens is 1. The molecule has 2 N–H and O–H groups in total. The van der Waals surface area contributed by atoms with Crippen molar-refractivity contribution in [2.45, 2.75) is 20.4 Å². The molecular weight excluding hydrogens is 198 g/mol. The van der Waals surface area contributed by atoms with Gasteiger partial charge in [-0.05, 0) is 25.5 Å². The van der Waals surface area contributed by atoms with Crippen LogP contribution in [0.1, 0.15) is 19.4 Å². The number of nitrogens with zero attached hydrogens (tertiary/aromatic N) is 2. The maximum Gasteiger partial charge on any atom is 0.128 e. The van der Waals surface area contributed by atoms with Gasteiger partial charge in [0.2, 0.25) is 0 Å². The first-order valence-electron chi connectivity index (χ1n) is 4.82. The van der Waals surface area contributed by atoms with E-state index in [-0.39, 0.29) is 0 Å². The predicted octanol–water partition coefficient (Wildman–Crippen LogP) is 2.04. The largest absolute Gasteiger partial charge is 0.357 e. The second kappa shape index (κ2) is 5.17. The molecule has 0 spiro atoms. The van der Waals surface area contributed by atoms with Crippen LogP contribution in [0.25, 0.3) is 0 Å². The summed E-state index contributed by atoms with van der Waals surface area (Å²) < 4.78 is 0. The van der Waals surface area contributed by atoms with Crippen molar-refractivity contribution in [1.82, 2.24) is 4.98 Å². The van der Waals surface area contributed by atoms with Gasteiger partial charge in [-0.3, -0.25) is 0 Å². The van der Waals surface area contributed by atoms with Crippen molar-refractivity contribution in [3.63, 3.8) is 0 Å². The second-order valence-corrected chi connectivity index (χ2v) is 3.42. The molecule has 0 aliphatic carbocycles. The van der Waals surface area contributed by atoms with Crippen molar-refractivity contribution >= 4 is 17.4 Å². The first-order chi connectivity index (χ1) is 6.72. The van der Waals surface area contributed by atoms with Crippen LogP contribution in [0.15, 0.2) is 12.3 Å². The fourth-order valence-electron chi connectivity index (χ4n) is 1.34. The fourth-order valence-corrected chi connectivity index (χ4v) is 1.53. The van der Waals surface area contributed by atoms with Gasteiger partial charge in [-0.25, -0.2) is 4.98 Å². The fraction of sp³-hybridized carbons (Fsp3) is 0.500. The third-order valence-electron chi connectivity index (χ3n) is 2.23. The number of rotatable bonds is 4. The minimum Gasteiger partial charge on any atom is -0.357 e. The Kier molecular flexibility index (Phi) is 4.17. The molecule has 0 aliphatic rings. The van der Waals surface area contributed by atoms with Crippen molar-refractivity contribution in [2.75, 3.05) is 18.0 Å². The highest BCUT2D eigenvalue weighted by molar-refractivity contribution is 6.31. The van der Waals surface area contributed by atoms with E-state index in [1.807, 2.05) is 6.07 Å². The summed E-state index contributed by atoms with van der Waals surface area (Å²) >= 11 is 5.93. The Bertz CT molecular complexity index is 297. The second-order valence-electron chi connectivity index (χ2n) is 3.01. The average Bonchev–Trinajstić information content (AvgIpc) is 2.22. The van der Waals surface area contributed by atoms with Crippen LogP contribution in [0, 0.1) is 0 Å². The zero-order chi connectivity index (χ0) is 10.6. The van der Waals surface area contributed by atoms with Gasteiger partial charge in [-0.1, -0.05) is 11.6 Å². The standard InChI is InChI=1S/C10H16ClN3/c1-3-14(4-2)10-5-8(6-12)9(11)7-13-10/h5,7H,3-4,6,12H2,1-2H3. The molecular formula is C10H16ClN3. The third kappa shape index (κ3) is 2.36. The zero-order valence-electron chi connectivity index (χ0n) is 8.63. The van der Waals surface area contributed by atoms with Gasteiger partial charge in [0.1, 0.15) is 5.82 Å². The van der Waals surface area contributed by atoms with E-state index in [1.165, 1.54) is 0 Å². The Morgan fingerprint density at radius 1 is 1.43 bits per heavy atom. The SMILES string of the molecule is CCN(CC)c1cc(CN)c(Cl)cn1. The van der Waals surface area contributed by atoms with E-state index in [1.54, 1.807) is 6.20 Å². The highest BCUT2D eigenvalue weighted by Gasteiger charge is 2.06. The van der Waals surface area contributed by atoms with Crippen LogP contribution in [0.5, 0.6) is 0 Å². The summed E-state index contributed by atoms with van der Waals surface area (Å²) in [7, 11) is 0. The van der Waals surface area contributed by atoms with Gasteiger partial charge in [-0.15, -0.1) is 0 Å². The molecule has 1 rings (SSSR count). The van der Waals surface area contributed by atoms with Crippen molar-refractivity contribution in [3.8, 4) is 0 Å². The summed E-state index contributed by atoms with van der Waals surface area (Å²) in [6.07, 6.45) is 1.66. The third-order valence-corrected chi connectivity index (χ3v) is 2.57. The number of nitrogens with two attached hydrogens (primary N) is 1. The average molecular weight is 214 g/mol. The topological polar surface area (TPSA) is 42.1 Å². The molecule has 78 valence electrons. The monoisotopic (exact) mass is 213 g/mol. The van der Waals surface area contributed by atoms with E-state index < -0.39 is 0 Å². The first kappa shape index (κ1) is 11.3. The van der Waals surface area contributed by atoms with E-state index in [0.29, 0.717) is 11.6 Å². The van der Waals surface area contributed by atoms with E-state index in [0.717, 1.165) is 24.5 Å². The molecule has 4 heteroatoms. The lowest BCUT2D eigenvalue weighted by Gasteiger charge is -2.20. The number of hydrogen-bond acceptors (Lipinski definition) is 3. The molecule has 1 heterocycles. The Balaban J connectivity index is 2.98. The Labute approximate surface area is 89.9 Å². The molecule has 0 aromatic carbocycles. The summed E-state index contributed by atoms with van der Waals surface area (Å²) in [6.45, 7) is 6.53. The molecule has 0 amide bonds. The van der Waals surface area contributed by atoms with E-state index in [2.05, 4.69) is 23.7 Å². The molecule has 3 nitrogen and oxygen atoms in total. The summed E-state index contributed by atoms with van der Waals surface area (Å²) in [5.41, 5.74) is 6.52. The molecule has 0 saturated heterocycles. The van der Waals surface area contributed by atoms with Crippen molar-refractivity contribution in [2.24, 2.45) is 5.73 Å². The molecule has 0 atom stereocenters. The molecule has 0 fully saturated rings. The minimum absolute atomic E-state index is 0.454. The highest BCUT2D eigenvalue weighted by atomic mass is 35.5. The normalized spacial score (nSPS) is 10.3. The smallest absolute Gasteiger partial charge is 0.128 e. The maximum absolute atomic E-state index is 5.93. The number of pyridine rings is 1. The van der Waals surface area contributed by atoms with Crippen LogP contribution in [-0.2, 0) is 6.54 Å². The van der Waals surface area contributed by atoms with Gasteiger partial charge in [-0.2, -0.15) is 0 Å². The number of hydrogen-bond donors (Lipinski definition) is 1. The van der Waals surface area contributed by atoms with Crippen LogP contribution < -0.4 is 10.6 Å². The Morgan fingerprint density at radius 3 is 2.57 bits per heavy atom. The lowest BCUT2D eigenvalue weighted by molar-refractivity contribution is 0.843. The molecule has 14 heavy (non-hydrogen) atoms. The lowest BCUT2D eigenvalue weighted by Crippen LogP contribution is -2.23. The van der Waals surface area contributed by atoms with E-state index in [4.69, 9.17) is 17.3 Å².